The first-order chi connectivity index (χ1) is 6.38. The van der Waals surface area contributed by atoms with Gasteiger partial charge in [0.15, 0.2) is 0 Å². The first kappa shape index (κ1) is 10.6. The largest absolute Gasteiger partial charge is 0.393 e. The Hall–Kier alpha value is -1.43. The third kappa shape index (κ3) is 1.74. The molecule has 6 nitrogen and oxygen atoms in total. The highest BCUT2D eigenvalue weighted by molar-refractivity contribution is 4.89. The van der Waals surface area contributed by atoms with Gasteiger partial charge in [0.2, 0.25) is 0 Å². The van der Waals surface area contributed by atoms with Crippen molar-refractivity contribution < 1.29 is 0 Å². The predicted octanol–water partition coefficient (Wildman–Crippen LogP) is -1.04. The van der Waals surface area contributed by atoms with E-state index in [4.69, 9.17) is 0 Å². The van der Waals surface area contributed by atoms with Crippen molar-refractivity contribution in [3.05, 3.63) is 26.5 Å². The Bertz CT molecular complexity index is 443. The number of H-pyrrole nitrogens is 1. The molecule has 0 aromatic carbocycles. The third-order valence-electron chi connectivity index (χ3n) is 2.26. The molecule has 0 aliphatic carbocycles. The summed E-state index contributed by atoms with van der Waals surface area (Å²) in [6.07, 6.45) is 0. The van der Waals surface area contributed by atoms with Gasteiger partial charge in [-0.2, -0.15) is 4.59 Å². The van der Waals surface area contributed by atoms with E-state index in [1.165, 1.54) is 4.79 Å². The molecule has 0 amide bonds. The zero-order valence-electron chi connectivity index (χ0n) is 8.87. The third-order valence-corrected chi connectivity index (χ3v) is 2.26. The van der Waals surface area contributed by atoms with Crippen LogP contribution in [0.25, 0.3) is 0 Å². The second-order valence-corrected chi connectivity index (χ2v) is 3.67. The summed E-state index contributed by atoms with van der Waals surface area (Å²) >= 11 is 0. The zero-order valence-corrected chi connectivity index (χ0v) is 8.87. The van der Waals surface area contributed by atoms with Crippen LogP contribution < -0.4 is 15.8 Å². The Morgan fingerprint density at radius 3 is 2.50 bits per heavy atom. The fourth-order valence-corrected chi connectivity index (χ4v) is 0.971. The molecule has 0 unspecified atom stereocenters. The van der Waals surface area contributed by atoms with Gasteiger partial charge < -0.3 is 0 Å². The van der Waals surface area contributed by atoms with E-state index >= 15 is 0 Å². The highest BCUT2D eigenvalue weighted by atomic mass is 16.2. The minimum Gasteiger partial charge on any atom is -0.267 e. The summed E-state index contributed by atoms with van der Waals surface area (Å²) < 4.78 is 0.288. The molecule has 1 heterocycles. The van der Waals surface area contributed by atoms with E-state index in [-0.39, 0.29) is 4.59 Å². The van der Waals surface area contributed by atoms with Crippen LogP contribution in [0.1, 0.15) is 12.6 Å². The molecule has 0 saturated heterocycles. The molecule has 1 aromatic heterocycles. The quantitative estimate of drug-likeness (QED) is 0.618. The van der Waals surface area contributed by atoms with Crippen LogP contribution in [0.5, 0.6) is 0 Å². The lowest BCUT2D eigenvalue weighted by Crippen LogP contribution is -2.58. The topological polar surface area (TPSA) is 67.8 Å². The lowest BCUT2D eigenvalue weighted by molar-refractivity contribution is 0.170. The molecule has 0 atom stereocenters. The fourth-order valence-electron chi connectivity index (χ4n) is 0.971. The Morgan fingerprint density at radius 2 is 2.00 bits per heavy atom. The minimum absolute atomic E-state index is 0.288. The normalized spacial score (nSPS) is 11.7. The van der Waals surface area contributed by atoms with Gasteiger partial charge in [0.1, 0.15) is 5.69 Å². The van der Waals surface area contributed by atoms with Crippen LogP contribution in [-0.4, -0.2) is 35.5 Å². The number of nitrogens with one attached hydrogen (secondary N) is 1. The maximum absolute atomic E-state index is 11.4. The highest BCUT2D eigenvalue weighted by Crippen LogP contribution is 1.89. The molecule has 78 valence electrons. The molecule has 0 saturated carbocycles. The van der Waals surface area contributed by atoms with Gasteiger partial charge in [0, 0.05) is 0 Å². The molecule has 1 rings (SSSR count). The lowest BCUT2D eigenvalue weighted by Gasteiger charge is -2.26. The van der Waals surface area contributed by atoms with Crippen molar-refractivity contribution >= 4 is 0 Å². The van der Waals surface area contributed by atoms with Gasteiger partial charge in [-0.25, -0.2) is 4.79 Å². The van der Waals surface area contributed by atoms with Crippen molar-refractivity contribution in [1.82, 2.24) is 19.5 Å². The van der Waals surface area contributed by atoms with E-state index in [0.717, 1.165) is 0 Å². The van der Waals surface area contributed by atoms with Gasteiger partial charge in [-0.3, -0.25) is 9.78 Å². The zero-order chi connectivity index (χ0) is 10.9. The number of nitrogens with zero attached hydrogens (tertiary/aromatic N) is 3. The molecule has 0 bridgehead atoms. The average molecular weight is 199 g/mol. The van der Waals surface area contributed by atoms with Crippen LogP contribution in [0.15, 0.2) is 9.59 Å². The number of aromatic amines is 1. The van der Waals surface area contributed by atoms with Crippen LogP contribution in [-0.2, 0) is 0 Å². The van der Waals surface area contributed by atoms with Gasteiger partial charge in [-0.15, -0.1) is 5.10 Å². The Kier molecular flexibility index (Phi) is 2.57. The summed E-state index contributed by atoms with van der Waals surface area (Å²) in [5, 5.41) is 3.95. The number of hydrogen-bond donors (Lipinski definition) is 1. The number of aromatic nitrogens is 3. The van der Waals surface area contributed by atoms with Gasteiger partial charge in [0.05, 0.1) is 20.6 Å². The van der Waals surface area contributed by atoms with Crippen molar-refractivity contribution in [2.24, 2.45) is 0 Å². The first-order valence-electron chi connectivity index (χ1n) is 4.42. The number of aryl methyl sites for hydroxylation is 1. The van der Waals surface area contributed by atoms with Crippen molar-refractivity contribution in [1.29, 1.82) is 0 Å². The summed E-state index contributed by atoms with van der Waals surface area (Å²) in [7, 11) is 3.68. The second-order valence-electron chi connectivity index (χ2n) is 3.67. The van der Waals surface area contributed by atoms with Crippen LogP contribution in [0.4, 0.5) is 0 Å². The molecule has 0 aliphatic heterocycles. The number of quaternary nitrogens is 1. The van der Waals surface area contributed by atoms with Gasteiger partial charge in [0.25, 0.3) is 5.56 Å². The molecule has 1 N–H and O–H groups in total. The molecule has 1 aromatic rings. The Balaban J connectivity index is 3.45. The second kappa shape index (κ2) is 3.38. The predicted molar refractivity (Wildman–Crippen MR) is 53.8 cm³/mol. The van der Waals surface area contributed by atoms with Crippen LogP contribution >= 0.6 is 0 Å². The van der Waals surface area contributed by atoms with Gasteiger partial charge in [-0.1, -0.05) is 0 Å². The molecular formula is C8H15N4O2+. The molecule has 14 heavy (non-hydrogen) atoms. The summed E-state index contributed by atoms with van der Waals surface area (Å²) in [6.45, 7) is 4.22. The summed E-state index contributed by atoms with van der Waals surface area (Å²) in [5.41, 5.74) is -0.612. The fraction of sp³-hybridized carbons (Fsp3) is 0.625. The van der Waals surface area contributed by atoms with Gasteiger partial charge >= 0.3 is 5.69 Å². The van der Waals surface area contributed by atoms with Crippen molar-refractivity contribution in [2.45, 2.75) is 13.8 Å². The van der Waals surface area contributed by atoms with Crippen LogP contribution in [0.3, 0.4) is 0 Å². The summed E-state index contributed by atoms with van der Waals surface area (Å²) in [5.74, 6) is 0. The number of hydrogen-bond acceptors (Lipinski definition) is 3. The standard InChI is InChI=1S/C8H14N4O2/c1-5-12(3,4)11-8(14)9-7(13)6(2)10-11/h5H2,1-4H3/p+1. The molecular weight excluding hydrogens is 184 g/mol. The molecule has 0 fully saturated rings. The molecule has 0 spiro atoms. The van der Waals surface area contributed by atoms with E-state index in [0.29, 0.717) is 12.2 Å². The van der Waals surface area contributed by atoms with E-state index in [1.54, 1.807) is 6.92 Å². The maximum atomic E-state index is 11.4. The lowest BCUT2D eigenvalue weighted by atomic mass is 10.5. The van der Waals surface area contributed by atoms with Crippen molar-refractivity contribution in [2.75, 3.05) is 20.6 Å². The maximum Gasteiger partial charge on any atom is 0.393 e. The molecule has 0 aliphatic rings. The van der Waals surface area contributed by atoms with E-state index < -0.39 is 11.2 Å². The van der Waals surface area contributed by atoms with Crippen LogP contribution in [0, 0.1) is 6.92 Å². The smallest absolute Gasteiger partial charge is 0.267 e. The van der Waals surface area contributed by atoms with E-state index in [1.807, 2.05) is 21.0 Å². The Labute approximate surface area is 81.4 Å². The molecule has 6 heteroatoms. The number of rotatable bonds is 2. The monoisotopic (exact) mass is 199 g/mol. The minimum atomic E-state index is -0.479. The van der Waals surface area contributed by atoms with E-state index in [2.05, 4.69) is 10.1 Å². The highest BCUT2D eigenvalue weighted by Gasteiger charge is 2.19. The average Bonchev–Trinajstić information content (AvgIpc) is 2.11. The first-order valence-corrected chi connectivity index (χ1v) is 4.42. The van der Waals surface area contributed by atoms with Gasteiger partial charge in [-0.05, 0) is 18.6 Å². The van der Waals surface area contributed by atoms with E-state index in [9.17, 15) is 9.59 Å². The Morgan fingerprint density at radius 1 is 1.43 bits per heavy atom. The summed E-state index contributed by atoms with van der Waals surface area (Å²) in [4.78, 5) is 26.0. The summed E-state index contributed by atoms with van der Waals surface area (Å²) in [6, 6.07) is 0. The SMILES string of the molecule is CC[N+](C)(C)n1nc(C)c(=O)[nH]c1=O. The molecule has 0 radical (unpaired) electrons. The van der Waals surface area contributed by atoms with Crippen molar-refractivity contribution in [3.63, 3.8) is 0 Å². The van der Waals surface area contributed by atoms with Crippen LogP contribution in [0.2, 0.25) is 0 Å². The van der Waals surface area contributed by atoms with Crippen molar-refractivity contribution in [3.8, 4) is 0 Å².